The van der Waals surface area contributed by atoms with E-state index in [2.05, 4.69) is 25.2 Å². The van der Waals surface area contributed by atoms with Crippen LogP contribution in [0.2, 0.25) is 0 Å². The Morgan fingerprint density at radius 1 is 1.48 bits per heavy atom. The monoisotopic (exact) mass is 349 g/mol. The summed E-state index contributed by atoms with van der Waals surface area (Å²) in [5.41, 5.74) is 1.00. The smallest absolute Gasteiger partial charge is 0.230 e. The van der Waals surface area contributed by atoms with Crippen molar-refractivity contribution in [3.63, 3.8) is 0 Å². The van der Waals surface area contributed by atoms with Crippen molar-refractivity contribution in [2.24, 2.45) is 0 Å². The van der Waals surface area contributed by atoms with Gasteiger partial charge in [0.2, 0.25) is 11.9 Å². The molecule has 23 heavy (non-hydrogen) atoms. The van der Waals surface area contributed by atoms with Gasteiger partial charge >= 0.3 is 0 Å². The summed E-state index contributed by atoms with van der Waals surface area (Å²) >= 11 is 3.07. The molecule has 1 aliphatic rings. The van der Waals surface area contributed by atoms with E-state index in [1.54, 1.807) is 23.7 Å². The van der Waals surface area contributed by atoms with Crippen molar-refractivity contribution in [3.8, 4) is 0 Å². The molecule has 0 radical (unpaired) electrons. The molecule has 0 bridgehead atoms. The summed E-state index contributed by atoms with van der Waals surface area (Å²) in [5, 5.41) is 5.11. The van der Waals surface area contributed by atoms with Gasteiger partial charge in [0.25, 0.3) is 0 Å². The second-order valence-electron chi connectivity index (χ2n) is 5.44. The summed E-state index contributed by atoms with van der Waals surface area (Å²) in [6.07, 6.45) is 5.52. The highest BCUT2D eigenvalue weighted by Gasteiger charge is 2.22. The lowest BCUT2D eigenvalue weighted by molar-refractivity contribution is -0.119. The van der Waals surface area contributed by atoms with Crippen LogP contribution in [0.5, 0.6) is 0 Å². The van der Waals surface area contributed by atoms with E-state index in [1.807, 2.05) is 18.4 Å². The third-order valence-corrected chi connectivity index (χ3v) is 5.69. The van der Waals surface area contributed by atoms with Crippen molar-refractivity contribution in [1.29, 1.82) is 0 Å². The zero-order valence-corrected chi connectivity index (χ0v) is 14.6. The fourth-order valence-electron chi connectivity index (χ4n) is 2.53. The van der Waals surface area contributed by atoms with Gasteiger partial charge in [0.1, 0.15) is 0 Å². The minimum atomic E-state index is 0.0590. The number of aromatic nitrogens is 3. The summed E-state index contributed by atoms with van der Waals surface area (Å²) in [5.74, 6) is 1.20. The van der Waals surface area contributed by atoms with Crippen molar-refractivity contribution in [1.82, 2.24) is 20.3 Å². The van der Waals surface area contributed by atoms with Gasteiger partial charge in [-0.15, -0.1) is 11.3 Å². The summed E-state index contributed by atoms with van der Waals surface area (Å²) in [6.45, 7) is 3.66. The van der Waals surface area contributed by atoms with Crippen molar-refractivity contribution in [3.05, 3.63) is 29.5 Å². The first kappa shape index (κ1) is 16.2. The van der Waals surface area contributed by atoms with Crippen LogP contribution in [0.15, 0.2) is 28.2 Å². The third-order valence-electron chi connectivity index (χ3n) is 3.55. The zero-order chi connectivity index (χ0) is 16.1. The van der Waals surface area contributed by atoms with E-state index in [1.165, 1.54) is 11.8 Å². The van der Waals surface area contributed by atoms with Gasteiger partial charge in [0, 0.05) is 42.6 Å². The van der Waals surface area contributed by atoms with Crippen LogP contribution in [0.1, 0.15) is 18.5 Å². The predicted molar refractivity (Wildman–Crippen MR) is 93.0 cm³/mol. The van der Waals surface area contributed by atoms with Crippen molar-refractivity contribution >= 4 is 35.0 Å². The number of aryl methyl sites for hydroxylation is 1. The van der Waals surface area contributed by atoms with Crippen LogP contribution in [-0.4, -0.2) is 45.7 Å². The third kappa shape index (κ3) is 4.65. The molecule has 0 spiro atoms. The number of anilines is 1. The molecule has 2 aromatic rings. The molecule has 1 fully saturated rings. The fraction of sp³-hybridized carbons (Fsp3) is 0.467. The van der Waals surface area contributed by atoms with Gasteiger partial charge < -0.3 is 10.2 Å². The molecule has 122 valence electrons. The molecule has 1 saturated heterocycles. The molecule has 6 nitrogen and oxygen atoms in total. The average molecular weight is 349 g/mol. The number of hydrogen-bond acceptors (Lipinski definition) is 7. The molecule has 0 aromatic carbocycles. The molecule has 1 amide bonds. The fourth-order valence-corrected chi connectivity index (χ4v) is 4.19. The van der Waals surface area contributed by atoms with Crippen LogP contribution in [0, 0.1) is 6.92 Å². The maximum Gasteiger partial charge on any atom is 0.230 e. The maximum absolute atomic E-state index is 12.1. The number of piperidine rings is 1. The summed E-state index contributed by atoms with van der Waals surface area (Å²) in [6, 6.07) is 1.96. The van der Waals surface area contributed by atoms with E-state index < -0.39 is 0 Å². The predicted octanol–water partition coefficient (Wildman–Crippen LogP) is 2.12. The van der Waals surface area contributed by atoms with E-state index in [0.29, 0.717) is 5.75 Å². The number of rotatable bonds is 5. The SMILES string of the molecule is Cc1csc(SCC(=O)NC2CCCN(c3ncccn3)C2)n1. The van der Waals surface area contributed by atoms with Gasteiger partial charge in [-0.1, -0.05) is 11.8 Å². The normalized spacial score (nSPS) is 18.0. The molecule has 0 aliphatic carbocycles. The number of thioether (sulfide) groups is 1. The van der Waals surface area contributed by atoms with Crippen LogP contribution < -0.4 is 10.2 Å². The van der Waals surface area contributed by atoms with Gasteiger partial charge in [-0.2, -0.15) is 0 Å². The Labute approximate surface area is 143 Å². The van der Waals surface area contributed by atoms with E-state index in [4.69, 9.17) is 0 Å². The van der Waals surface area contributed by atoms with E-state index in [-0.39, 0.29) is 11.9 Å². The quantitative estimate of drug-likeness (QED) is 0.834. The number of carbonyl (C=O) groups excluding carboxylic acids is 1. The van der Waals surface area contributed by atoms with E-state index in [0.717, 1.165) is 41.9 Å². The molecule has 1 atom stereocenters. The number of nitrogens with one attached hydrogen (secondary N) is 1. The Kier molecular flexibility index (Phi) is 5.45. The first-order chi connectivity index (χ1) is 11.2. The molecule has 2 aromatic heterocycles. The minimum Gasteiger partial charge on any atom is -0.351 e. The number of amides is 1. The largest absolute Gasteiger partial charge is 0.351 e. The van der Waals surface area contributed by atoms with Gasteiger partial charge in [-0.3, -0.25) is 4.79 Å². The van der Waals surface area contributed by atoms with Crippen LogP contribution in [0.25, 0.3) is 0 Å². The Morgan fingerprint density at radius 3 is 3.04 bits per heavy atom. The lowest BCUT2D eigenvalue weighted by atomic mass is 10.1. The van der Waals surface area contributed by atoms with Gasteiger partial charge in [0.15, 0.2) is 4.34 Å². The highest BCUT2D eigenvalue weighted by molar-refractivity contribution is 8.01. The highest BCUT2D eigenvalue weighted by Crippen LogP contribution is 2.22. The molecule has 8 heteroatoms. The molecular formula is C15H19N5OS2. The van der Waals surface area contributed by atoms with E-state index in [9.17, 15) is 4.79 Å². The van der Waals surface area contributed by atoms with Crippen LogP contribution >= 0.6 is 23.1 Å². The second-order valence-corrected chi connectivity index (χ2v) is 7.53. The van der Waals surface area contributed by atoms with Gasteiger partial charge in [0.05, 0.1) is 5.75 Å². The lowest BCUT2D eigenvalue weighted by Gasteiger charge is -2.33. The number of thiazole rings is 1. The topological polar surface area (TPSA) is 71.0 Å². The average Bonchev–Trinajstić information content (AvgIpc) is 3.00. The van der Waals surface area contributed by atoms with Gasteiger partial charge in [-0.05, 0) is 25.8 Å². The Morgan fingerprint density at radius 2 is 2.30 bits per heavy atom. The maximum atomic E-state index is 12.1. The van der Waals surface area contributed by atoms with Crippen molar-refractivity contribution < 1.29 is 4.79 Å². The Hall–Kier alpha value is -1.67. The van der Waals surface area contributed by atoms with Gasteiger partial charge in [-0.25, -0.2) is 15.0 Å². The molecule has 0 saturated carbocycles. The lowest BCUT2D eigenvalue weighted by Crippen LogP contribution is -2.48. The van der Waals surface area contributed by atoms with Crippen molar-refractivity contribution in [2.45, 2.75) is 30.1 Å². The minimum absolute atomic E-state index is 0.0590. The van der Waals surface area contributed by atoms with Crippen molar-refractivity contribution in [2.75, 3.05) is 23.7 Å². The summed E-state index contributed by atoms with van der Waals surface area (Å²) in [4.78, 5) is 27.2. The molecule has 1 unspecified atom stereocenters. The number of carbonyl (C=O) groups is 1. The second kappa shape index (κ2) is 7.74. The standard InChI is InChI=1S/C15H19N5OS2/c1-11-9-22-15(18-11)23-10-13(21)19-12-4-2-7-20(8-12)14-16-5-3-6-17-14/h3,5-6,9,12H,2,4,7-8,10H2,1H3,(H,19,21). The zero-order valence-electron chi connectivity index (χ0n) is 12.9. The molecular weight excluding hydrogens is 330 g/mol. The number of nitrogens with zero attached hydrogens (tertiary/aromatic N) is 4. The number of hydrogen-bond donors (Lipinski definition) is 1. The Balaban J connectivity index is 1.48. The van der Waals surface area contributed by atoms with Crippen LogP contribution in [0.4, 0.5) is 5.95 Å². The summed E-state index contributed by atoms with van der Waals surface area (Å²) < 4.78 is 0.945. The molecule has 3 rings (SSSR count). The van der Waals surface area contributed by atoms with Crippen LogP contribution in [-0.2, 0) is 4.79 Å². The first-order valence-electron chi connectivity index (χ1n) is 7.57. The molecule has 1 aliphatic heterocycles. The highest BCUT2D eigenvalue weighted by atomic mass is 32.2. The molecule has 3 heterocycles. The first-order valence-corrected chi connectivity index (χ1v) is 9.43. The Bertz CT molecular complexity index is 648. The molecule has 1 N–H and O–H groups in total. The summed E-state index contributed by atoms with van der Waals surface area (Å²) in [7, 11) is 0. The van der Waals surface area contributed by atoms with E-state index >= 15 is 0 Å². The van der Waals surface area contributed by atoms with Crippen LogP contribution in [0.3, 0.4) is 0 Å².